The van der Waals surface area contributed by atoms with Crippen LogP contribution in [0.2, 0.25) is 0 Å². The van der Waals surface area contributed by atoms with Crippen molar-refractivity contribution in [2.45, 2.75) is 40.7 Å². The van der Waals surface area contributed by atoms with Crippen LogP contribution in [0.25, 0.3) is 0 Å². The van der Waals surface area contributed by atoms with Gasteiger partial charge >= 0.3 is 0 Å². The summed E-state index contributed by atoms with van der Waals surface area (Å²) in [5, 5.41) is 0. The average Bonchev–Trinajstić information content (AvgIpc) is 2.89. The monoisotopic (exact) mass is 326 g/mol. The van der Waals surface area contributed by atoms with Crippen molar-refractivity contribution in [1.82, 2.24) is 9.47 Å². The third-order valence-electron chi connectivity index (χ3n) is 4.58. The minimum Gasteiger partial charge on any atom is -0.341 e. The van der Waals surface area contributed by atoms with Gasteiger partial charge in [-0.05, 0) is 40.7 Å². The van der Waals surface area contributed by atoms with Crippen molar-refractivity contribution in [1.29, 1.82) is 0 Å². The predicted octanol–water partition coefficient (Wildman–Crippen LogP) is 3.77. The molecular weight excluding hydrogens is 300 g/mol. The Morgan fingerprint density at radius 3 is 2.21 bits per heavy atom. The van der Waals surface area contributed by atoms with E-state index in [-0.39, 0.29) is 17.7 Å². The van der Waals surface area contributed by atoms with Gasteiger partial charge in [0.1, 0.15) is 6.04 Å². The summed E-state index contributed by atoms with van der Waals surface area (Å²) in [6.45, 7) is 11.1. The molecule has 1 aromatic carbocycles. The maximum absolute atomic E-state index is 12.8. The fourth-order valence-corrected chi connectivity index (χ4v) is 3.26. The van der Waals surface area contributed by atoms with Crippen LogP contribution in [-0.4, -0.2) is 34.2 Å². The standard InChI is InChI=1S/C20H26N2O2/c1-6-21(7-2)20(24)16(5)22-14(3)13-18(15(22)4)19(23)17-11-9-8-10-12-17/h8-13,16H,6-7H2,1-5H3. The van der Waals surface area contributed by atoms with Gasteiger partial charge < -0.3 is 9.47 Å². The Labute approximate surface area is 144 Å². The first-order chi connectivity index (χ1) is 11.4. The molecule has 0 spiro atoms. The van der Waals surface area contributed by atoms with Gasteiger partial charge in [-0.1, -0.05) is 30.3 Å². The smallest absolute Gasteiger partial charge is 0.245 e. The lowest BCUT2D eigenvalue weighted by molar-refractivity contribution is -0.133. The number of nitrogens with zero attached hydrogens (tertiary/aromatic N) is 2. The molecular formula is C20H26N2O2. The van der Waals surface area contributed by atoms with Gasteiger partial charge in [-0.15, -0.1) is 0 Å². The number of rotatable bonds is 6. The lowest BCUT2D eigenvalue weighted by Crippen LogP contribution is -2.36. The van der Waals surface area contributed by atoms with Crippen LogP contribution >= 0.6 is 0 Å². The van der Waals surface area contributed by atoms with E-state index in [9.17, 15) is 9.59 Å². The number of carbonyl (C=O) groups is 2. The predicted molar refractivity (Wildman–Crippen MR) is 96.4 cm³/mol. The summed E-state index contributed by atoms with van der Waals surface area (Å²) >= 11 is 0. The largest absolute Gasteiger partial charge is 0.341 e. The third kappa shape index (κ3) is 3.28. The molecule has 0 fully saturated rings. The van der Waals surface area contributed by atoms with Crippen LogP contribution in [0.15, 0.2) is 36.4 Å². The van der Waals surface area contributed by atoms with Crippen LogP contribution < -0.4 is 0 Å². The summed E-state index contributed by atoms with van der Waals surface area (Å²) < 4.78 is 1.97. The molecule has 2 aromatic rings. The molecule has 0 aliphatic rings. The summed E-state index contributed by atoms with van der Waals surface area (Å²) in [5.41, 5.74) is 3.10. The second-order valence-electron chi connectivity index (χ2n) is 6.04. The molecule has 4 nitrogen and oxygen atoms in total. The number of aryl methyl sites for hydroxylation is 1. The Morgan fingerprint density at radius 2 is 1.67 bits per heavy atom. The van der Waals surface area contributed by atoms with E-state index in [1.165, 1.54) is 0 Å². The number of likely N-dealkylation sites (N-methyl/N-ethyl adjacent to an activating group) is 1. The summed E-state index contributed by atoms with van der Waals surface area (Å²) in [6, 6.07) is 10.8. The van der Waals surface area contributed by atoms with E-state index >= 15 is 0 Å². The summed E-state index contributed by atoms with van der Waals surface area (Å²) in [5.74, 6) is 0.0814. The van der Waals surface area contributed by atoms with Crippen molar-refractivity contribution in [2.24, 2.45) is 0 Å². The molecule has 1 unspecified atom stereocenters. The molecule has 24 heavy (non-hydrogen) atoms. The molecule has 2 rings (SSSR count). The van der Waals surface area contributed by atoms with Gasteiger partial charge in [0.05, 0.1) is 0 Å². The van der Waals surface area contributed by atoms with Crippen LogP contribution in [0.3, 0.4) is 0 Å². The Balaban J connectivity index is 2.39. The molecule has 0 radical (unpaired) electrons. The maximum Gasteiger partial charge on any atom is 0.245 e. The fourth-order valence-electron chi connectivity index (χ4n) is 3.26. The zero-order valence-electron chi connectivity index (χ0n) is 15.2. The molecule has 1 aromatic heterocycles. The van der Waals surface area contributed by atoms with Gasteiger partial charge in [0.15, 0.2) is 5.78 Å². The Kier molecular flexibility index (Phi) is 5.60. The first-order valence-corrected chi connectivity index (χ1v) is 8.49. The van der Waals surface area contributed by atoms with E-state index in [0.717, 1.165) is 11.4 Å². The lowest BCUT2D eigenvalue weighted by atomic mass is 10.0. The van der Waals surface area contributed by atoms with Gasteiger partial charge in [-0.2, -0.15) is 0 Å². The molecule has 0 N–H and O–H groups in total. The van der Waals surface area contributed by atoms with Gasteiger partial charge in [-0.25, -0.2) is 0 Å². The van der Waals surface area contributed by atoms with Crippen LogP contribution in [0.1, 0.15) is 54.1 Å². The summed E-state index contributed by atoms with van der Waals surface area (Å²) in [4.78, 5) is 27.3. The van der Waals surface area contributed by atoms with E-state index < -0.39 is 0 Å². The van der Waals surface area contributed by atoms with Gasteiger partial charge in [0, 0.05) is 35.6 Å². The highest BCUT2D eigenvalue weighted by molar-refractivity contribution is 6.10. The highest BCUT2D eigenvalue weighted by Crippen LogP contribution is 2.24. The van der Waals surface area contributed by atoms with Crippen molar-refractivity contribution < 1.29 is 9.59 Å². The fraction of sp³-hybridized carbons (Fsp3) is 0.400. The molecule has 4 heteroatoms. The molecule has 1 heterocycles. The molecule has 1 amide bonds. The number of amides is 1. The molecule has 1 atom stereocenters. The Morgan fingerprint density at radius 1 is 1.08 bits per heavy atom. The second kappa shape index (κ2) is 7.47. The van der Waals surface area contributed by atoms with Gasteiger partial charge in [0.25, 0.3) is 0 Å². The maximum atomic E-state index is 12.8. The van der Waals surface area contributed by atoms with Crippen LogP contribution in [-0.2, 0) is 4.79 Å². The molecule has 0 aliphatic carbocycles. The Hall–Kier alpha value is -2.36. The molecule has 0 saturated carbocycles. The van der Waals surface area contributed by atoms with Crippen molar-refractivity contribution in [2.75, 3.05) is 13.1 Å². The van der Waals surface area contributed by atoms with E-state index in [2.05, 4.69) is 0 Å². The number of aromatic nitrogens is 1. The van der Waals surface area contributed by atoms with Crippen LogP contribution in [0, 0.1) is 13.8 Å². The lowest BCUT2D eigenvalue weighted by Gasteiger charge is -2.25. The normalized spacial score (nSPS) is 12.0. The topological polar surface area (TPSA) is 42.3 Å². The zero-order valence-corrected chi connectivity index (χ0v) is 15.2. The first-order valence-electron chi connectivity index (χ1n) is 8.49. The SMILES string of the molecule is CCN(CC)C(=O)C(C)n1c(C)cc(C(=O)c2ccccc2)c1C. The quantitative estimate of drug-likeness (QED) is 0.758. The van der Waals surface area contributed by atoms with Crippen molar-refractivity contribution in [3.63, 3.8) is 0 Å². The van der Waals surface area contributed by atoms with Crippen molar-refractivity contribution in [3.05, 3.63) is 58.9 Å². The van der Waals surface area contributed by atoms with Crippen LogP contribution in [0.4, 0.5) is 0 Å². The van der Waals surface area contributed by atoms with E-state index in [1.807, 2.05) is 80.5 Å². The molecule has 0 bridgehead atoms. The highest BCUT2D eigenvalue weighted by atomic mass is 16.2. The van der Waals surface area contributed by atoms with E-state index in [1.54, 1.807) is 0 Å². The van der Waals surface area contributed by atoms with E-state index in [4.69, 9.17) is 0 Å². The second-order valence-corrected chi connectivity index (χ2v) is 6.04. The Bertz CT molecular complexity index is 728. The molecule has 0 aliphatic heterocycles. The average molecular weight is 326 g/mol. The number of ketones is 1. The van der Waals surface area contributed by atoms with Gasteiger partial charge in [-0.3, -0.25) is 9.59 Å². The van der Waals surface area contributed by atoms with Crippen molar-refractivity contribution >= 4 is 11.7 Å². The van der Waals surface area contributed by atoms with Crippen molar-refractivity contribution in [3.8, 4) is 0 Å². The molecule has 128 valence electrons. The zero-order chi connectivity index (χ0) is 17.9. The minimum atomic E-state index is -0.317. The number of hydrogen-bond acceptors (Lipinski definition) is 2. The number of hydrogen-bond donors (Lipinski definition) is 0. The molecule has 0 saturated heterocycles. The van der Waals surface area contributed by atoms with Gasteiger partial charge in [0.2, 0.25) is 5.91 Å². The highest BCUT2D eigenvalue weighted by Gasteiger charge is 2.25. The number of carbonyl (C=O) groups excluding carboxylic acids is 2. The number of benzene rings is 1. The minimum absolute atomic E-state index is 0.00237. The van der Waals surface area contributed by atoms with E-state index in [0.29, 0.717) is 24.2 Å². The third-order valence-corrected chi connectivity index (χ3v) is 4.58. The summed E-state index contributed by atoms with van der Waals surface area (Å²) in [6.07, 6.45) is 0. The summed E-state index contributed by atoms with van der Waals surface area (Å²) in [7, 11) is 0. The first kappa shape index (κ1) is 18.0. The van der Waals surface area contributed by atoms with Crippen LogP contribution in [0.5, 0.6) is 0 Å².